The SMILES string of the molecule is CC(=O)N1CCSc2ccc(S(=O)(=O)N3CCN(Cc4ccc5c(c4)OCO5)CC3)cc21. The molecule has 2 aromatic rings. The van der Waals surface area contributed by atoms with E-state index in [0.29, 0.717) is 38.4 Å². The van der Waals surface area contributed by atoms with Crippen molar-refractivity contribution in [1.29, 1.82) is 0 Å². The smallest absolute Gasteiger partial charge is 0.243 e. The van der Waals surface area contributed by atoms with Gasteiger partial charge in [-0.25, -0.2) is 8.42 Å². The quantitative estimate of drug-likeness (QED) is 0.672. The monoisotopic (exact) mass is 475 g/mol. The van der Waals surface area contributed by atoms with Crippen molar-refractivity contribution in [2.45, 2.75) is 23.3 Å². The van der Waals surface area contributed by atoms with Crippen LogP contribution in [0.25, 0.3) is 0 Å². The number of carbonyl (C=O) groups is 1. The second-order valence-electron chi connectivity index (χ2n) is 8.02. The van der Waals surface area contributed by atoms with Crippen LogP contribution in [0.2, 0.25) is 0 Å². The molecule has 8 nitrogen and oxygen atoms in total. The molecule has 3 heterocycles. The number of anilines is 1. The maximum atomic E-state index is 13.3. The molecule has 170 valence electrons. The lowest BCUT2D eigenvalue weighted by Crippen LogP contribution is -2.48. The normalized spacial score (nSPS) is 19.1. The second-order valence-corrected chi connectivity index (χ2v) is 11.1. The Balaban J connectivity index is 1.27. The summed E-state index contributed by atoms with van der Waals surface area (Å²) in [5, 5.41) is 0. The third-order valence-electron chi connectivity index (χ3n) is 5.99. The highest BCUT2D eigenvalue weighted by molar-refractivity contribution is 7.99. The number of fused-ring (bicyclic) bond motifs is 2. The van der Waals surface area contributed by atoms with Crippen LogP contribution < -0.4 is 14.4 Å². The fourth-order valence-corrected chi connectivity index (χ4v) is 6.68. The van der Waals surface area contributed by atoms with Crippen molar-refractivity contribution in [2.75, 3.05) is 50.2 Å². The molecule has 5 rings (SSSR count). The lowest BCUT2D eigenvalue weighted by atomic mass is 10.2. The van der Waals surface area contributed by atoms with Crippen LogP contribution in [-0.2, 0) is 21.4 Å². The van der Waals surface area contributed by atoms with E-state index in [9.17, 15) is 13.2 Å². The van der Waals surface area contributed by atoms with Crippen molar-refractivity contribution >= 4 is 33.4 Å². The maximum Gasteiger partial charge on any atom is 0.243 e. The highest BCUT2D eigenvalue weighted by atomic mass is 32.2. The summed E-state index contributed by atoms with van der Waals surface area (Å²) in [6, 6.07) is 11.0. The molecule has 32 heavy (non-hydrogen) atoms. The molecular weight excluding hydrogens is 450 g/mol. The highest BCUT2D eigenvalue weighted by Crippen LogP contribution is 2.37. The summed E-state index contributed by atoms with van der Waals surface area (Å²) >= 11 is 1.65. The van der Waals surface area contributed by atoms with Gasteiger partial charge in [0.1, 0.15) is 0 Å². The van der Waals surface area contributed by atoms with Crippen molar-refractivity contribution in [3.63, 3.8) is 0 Å². The van der Waals surface area contributed by atoms with Crippen molar-refractivity contribution < 1.29 is 22.7 Å². The van der Waals surface area contributed by atoms with Crippen LogP contribution in [0.1, 0.15) is 12.5 Å². The Hall–Kier alpha value is -2.27. The van der Waals surface area contributed by atoms with Gasteiger partial charge in [0.15, 0.2) is 11.5 Å². The topological polar surface area (TPSA) is 79.4 Å². The van der Waals surface area contributed by atoms with Gasteiger partial charge in [-0.05, 0) is 35.9 Å². The van der Waals surface area contributed by atoms with Gasteiger partial charge < -0.3 is 14.4 Å². The molecule has 10 heteroatoms. The summed E-state index contributed by atoms with van der Waals surface area (Å²) in [7, 11) is -3.63. The molecule has 0 bridgehead atoms. The number of benzene rings is 2. The molecule has 0 radical (unpaired) electrons. The molecular formula is C22H25N3O5S2. The molecule has 1 amide bonds. The van der Waals surface area contributed by atoms with E-state index in [0.717, 1.165) is 34.3 Å². The molecule has 1 saturated heterocycles. The average molecular weight is 476 g/mol. The Morgan fingerprint density at radius 3 is 2.56 bits per heavy atom. The van der Waals surface area contributed by atoms with E-state index in [1.165, 1.54) is 6.92 Å². The van der Waals surface area contributed by atoms with E-state index < -0.39 is 10.0 Å². The fourth-order valence-electron chi connectivity index (χ4n) is 4.26. The van der Waals surface area contributed by atoms with Gasteiger partial charge in [-0.2, -0.15) is 4.31 Å². The van der Waals surface area contributed by atoms with E-state index >= 15 is 0 Å². The Kier molecular flexibility index (Phi) is 5.79. The Bertz CT molecular complexity index is 1150. The summed E-state index contributed by atoms with van der Waals surface area (Å²) in [5.41, 5.74) is 1.80. The first-order valence-corrected chi connectivity index (χ1v) is 13.0. The summed E-state index contributed by atoms with van der Waals surface area (Å²) in [4.78, 5) is 17.1. The first kappa shape index (κ1) is 21.6. The number of nitrogens with zero attached hydrogens (tertiary/aromatic N) is 3. The number of carbonyl (C=O) groups excluding carboxylic acids is 1. The van der Waals surface area contributed by atoms with Crippen molar-refractivity contribution in [3.8, 4) is 11.5 Å². The zero-order valence-corrected chi connectivity index (χ0v) is 19.5. The number of thioether (sulfide) groups is 1. The summed E-state index contributed by atoms with van der Waals surface area (Å²) in [5.74, 6) is 2.26. The number of hydrogen-bond acceptors (Lipinski definition) is 7. The van der Waals surface area contributed by atoms with Gasteiger partial charge in [0.2, 0.25) is 22.7 Å². The minimum Gasteiger partial charge on any atom is -0.454 e. The molecule has 0 spiro atoms. The Labute approximate surface area is 192 Å². The van der Waals surface area contributed by atoms with Crippen LogP contribution in [0.4, 0.5) is 5.69 Å². The summed E-state index contributed by atoms with van der Waals surface area (Å²) in [6.45, 7) is 5.23. The van der Waals surface area contributed by atoms with Gasteiger partial charge in [0, 0.05) is 56.8 Å². The average Bonchev–Trinajstić information content (AvgIpc) is 3.26. The highest BCUT2D eigenvalue weighted by Gasteiger charge is 2.31. The minimum absolute atomic E-state index is 0.0711. The van der Waals surface area contributed by atoms with Gasteiger partial charge in [-0.3, -0.25) is 9.69 Å². The van der Waals surface area contributed by atoms with E-state index in [-0.39, 0.29) is 17.6 Å². The molecule has 0 aromatic heterocycles. The zero-order chi connectivity index (χ0) is 22.3. The lowest BCUT2D eigenvalue weighted by Gasteiger charge is -2.34. The predicted octanol–water partition coefficient (Wildman–Crippen LogP) is 2.38. The van der Waals surface area contributed by atoms with Gasteiger partial charge in [-0.15, -0.1) is 11.8 Å². The summed E-state index contributed by atoms with van der Waals surface area (Å²) in [6.07, 6.45) is 0. The first-order valence-electron chi connectivity index (χ1n) is 10.6. The predicted molar refractivity (Wildman–Crippen MR) is 122 cm³/mol. The molecule has 0 unspecified atom stereocenters. The number of amides is 1. The second kappa shape index (κ2) is 8.58. The van der Waals surface area contributed by atoms with Gasteiger partial charge in [-0.1, -0.05) is 6.07 Å². The van der Waals surface area contributed by atoms with Crippen molar-refractivity contribution in [2.24, 2.45) is 0 Å². The number of ether oxygens (including phenoxy) is 2. The third kappa shape index (κ3) is 4.07. The molecule has 0 atom stereocenters. The minimum atomic E-state index is -3.63. The standard InChI is InChI=1S/C22H25N3O5S2/c1-16(26)25-10-11-31-22-5-3-18(13-19(22)25)32(27,28)24-8-6-23(7-9-24)14-17-2-4-20-21(12-17)30-15-29-20/h2-5,12-13H,6-11,14-15H2,1H3. The number of rotatable bonds is 4. The van der Waals surface area contributed by atoms with Gasteiger partial charge in [0.05, 0.1) is 10.6 Å². The van der Waals surface area contributed by atoms with Crippen LogP contribution in [0.3, 0.4) is 0 Å². The largest absolute Gasteiger partial charge is 0.454 e. The Morgan fingerprint density at radius 1 is 1.00 bits per heavy atom. The Morgan fingerprint density at radius 2 is 1.78 bits per heavy atom. The van der Waals surface area contributed by atoms with Crippen molar-refractivity contribution in [3.05, 3.63) is 42.0 Å². The van der Waals surface area contributed by atoms with Crippen molar-refractivity contribution in [1.82, 2.24) is 9.21 Å². The van der Waals surface area contributed by atoms with Crippen LogP contribution in [0.15, 0.2) is 46.2 Å². The molecule has 3 aliphatic heterocycles. The van der Waals surface area contributed by atoms with E-state index in [2.05, 4.69) is 4.90 Å². The molecule has 0 N–H and O–H groups in total. The van der Waals surface area contributed by atoms with Gasteiger partial charge in [0.25, 0.3) is 0 Å². The van der Waals surface area contributed by atoms with Crippen LogP contribution in [0, 0.1) is 0 Å². The van der Waals surface area contributed by atoms with E-state index in [1.54, 1.807) is 33.1 Å². The van der Waals surface area contributed by atoms with Gasteiger partial charge >= 0.3 is 0 Å². The van der Waals surface area contributed by atoms with Crippen LogP contribution in [0.5, 0.6) is 11.5 Å². The van der Waals surface area contributed by atoms with Crippen LogP contribution >= 0.6 is 11.8 Å². The molecule has 1 fully saturated rings. The summed E-state index contributed by atoms with van der Waals surface area (Å²) < 4.78 is 39.0. The van der Waals surface area contributed by atoms with E-state index in [1.807, 2.05) is 24.3 Å². The van der Waals surface area contributed by atoms with Crippen LogP contribution in [-0.4, -0.2) is 68.8 Å². The zero-order valence-electron chi connectivity index (χ0n) is 17.8. The first-order chi connectivity index (χ1) is 15.4. The lowest BCUT2D eigenvalue weighted by molar-refractivity contribution is -0.116. The fraction of sp³-hybridized carbons (Fsp3) is 0.409. The number of piperazine rings is 1. The maximum absolute atomic E-state index is 13.3. The molecule has 3 aliphatic rings. The molecule has 0 saturated carbocycles. The molecule has 2 aromatic carbocycles. The number of hydrogen-bond donors (Lipinski definition) is 0. The van der Waals surface area contributed by atoms with E-state index in [4.69, 9.17) is 9.47 Å². The molecule has 0 aliphatic carbocycles. The third-order valence-corrected chi connectivity index (χ3v) is 8.92. The number of sulfonamides is 1.